The van der Waals surface area contributed by atoms with E-state index in [4.69, 9.17) is 15.0 Å². The fourth-order valence-corrected chi connectivity index (χ4v) is 11.9. The summed E-state index contributed by atoms with van der Waals surface area (Å²) in [5, 5.41) is 2.64. The Morgan fingerprint density at radius 3 is 1.71 bits per heavy atom. The topological polar surface area (TPSA) is 38.7 Å². The van der Waals surface area contributed by atoms with Crippen molar-refractivity contribution in [3.63, 3.8) is 0 Å². The van der Waals surface area contributed by atoms with Crippen molar-refractivity contribution >= 4 is 37.1 Å². The predicted molar refractivity (Wildman–Crippen MR) is 244 cm³/mol. The number of nitrogens with zero attached hydrogens (tertiary/aromatic N) is 3. The number of allylic oxidation sites excluding steroid dienone is 4. The summed E-state index contributed by atoms with van der Waals surface area (Å²) >= 11 is 1.87. The first-order valence-electron chi connectivity index (χ1n) is 20.5. The molecule has 280 valence electrons. The van der Waals surface area contributed by atoms with Gasteiger partial charge < -0.3 is 0 Å². The Morgan fingerprint density at radius 1 is 0.475 bits per heavy atom. The summed E-state index contributed by atoms with van der Waals surface area (Å²) in [7, 11) is 0. The van der Waals surface area contributed by atoms with Crippen molar-refractivity contribution in [1.82, 2.24) is 15.0 Å². The highest BCUT2D eigenvalue weighted by molar-refractivity contribution is 7.25. The SMILES string of the molecule is CC1(C)c2ccccc2C2(c3ccccc31)c1cccc(-c3nc(-c4ccccc4)nc(-c4ccccc4)n3)c1C1C=C(c3ccc4c(c3)sc3ccccc34)C=CC12. The molecule has 1 spiro atoms. The van der Waals surface area contributed by atoms with Gasteiger partial charge in [0.2, 0.25) is 0 Å². The van der Waals surface area contributed by atoms with Crippen LogP contribution in [0.15, 0.2) is 188 Å². The van der Waals surface area contributed by atoms with Gasteiger partial charge in [-0.15, -0.1) is 11.3 Å². The van der Waals surface area contributed by atoms with Crippen LogP contribution >= 0.6 is 11.3 Å². The lowest BCUT2D eigenvalue weighted by Gasteiger charge is -2.49. The average molecular weight is 774 g/mol. The van der Waals surface area contributed by atoms with E-state index in [0.717, 1.165) is 16.7 Å². The molecule has 59 heavy (non-hydrogen) atoms. The number of benzene rings is 7. The quantitative estimate of drug-likeness (QED) is 0.179. The lowest BCUT2D eigenvalue weighted by Crippen LogP contribution is -2.44. The lowest BCUT2D eigenvalue weighted by molar-refractivity contribution is 0.421. The molecule has 0 bridgehead atoms. The first-order chi connectivity index (χ1) is 29.0. The van der Waals surface area contributed by atoms with Crippen molar-refractivity contribution in [3.8, 4) is 34.2 Å². The molecule has 0 N–H and O–H groups in total. The van der Waals surface area contributed by atoms with Gasteiger partial charge in [0.05, 0.1) is 5.41 Å². The molecule has 0 saturated heterocycles. The Bertz CT molecular complexity index is 3100. The van der Waals surface area contributed by atoms with Gasteiger partial charge in [-0.05, 0) is 56.6 Å². The Balaban J connectivity index is 1.14. The highest BCUT2D eigenvalue weighted by atomic mass is 32.1. The van der Waals surface area contributed by atoms with Crippen LogP contribution < -0.4 is 0 Å². The molecule has 4 heteroatoms. The van der Waals surface area contributed by atoms with E-state index in [9.17, 15) is 0 Å². The number of hydrogen-bond donors (Lipinski definition) is 0. The van der Waals surface area contributed by atoms with Crippen LogP contribution in [0.2, 0.25) is 0 Å². The van der Waals surface area contributed by atoms with Crippen LogP contribution in [0.1, 0.15) is 58.7 Å². The summed E-state index contributed by atoms with van der Waals surface area (Å²) in [6.45, 7) is 4.78. The van der Waals surface area contributed by atoms with Crippen LogP contribution in [-0.2, 0) is 10.8 Å². The van der Waals surface area contributed by atoms with Crippen LogP contribution in [-0.4, -0.2) is 15.0 Å². The van der Waals surface area contributed by atoms with Gasteiger partial charge in [-0.1, -0.05) is 190 Å². The minimum absolute atomic E-state index is 0.0405. The Kier molecular flexibility index (Phi) is 7.49. The molecule has 12 rings (SSSR count). The molecule has 2 atom stereocenters. The number of hydrogen-bond acceptors (Lipinski definition) is 4. The molecule has 2 aromatic heterocycles. The third-order valence-corrected chi connectivity index (χ3v) is 14.4. The van der Waals surface area contributed by atoms with Crippen molar-refractivity contribution in [2.24, 2.45) is 5.92 Å². The standard InChI is InChI=1S/C55H39N3S/c1-54(2)43-22-10-12-24-45(43)55(46-25-13-11-23-44(46)54)42-31-29-36(37-28-30-39-38-20-9-14-27-48(38)59-49(39)33-37)32-41(42)50-40(21-15-26-47(50)55)53-57-51(34-16-5-3-6-17-34)56-52(58-53)35-18-7-4-8-19-35/h3-33,41-42H,1-2H3. The first kappa shape index (κ1) is 34.3. The zero-order valence-electron chi connectivity index (χ0n) is 32.8. The fourth-order valence-electron chi connectivity index (χ4n) is 10.7. The second-order valence-electron chi connectivity index (χ2n) is 16.7. The second-order valence-corrected chi connectivity index (χ2v) is 17.8. The summed E-state index contributed by atoms with van der Waals surface area (Å²) in [5.74, 6) is 2.18. The summed E-state index contributed by atoms with van der Waals surface area (Å²) in [5.41, 5.74) is 13.0. The highest BCUT2D eigenvalue weighted by Crippen LogP contribution is 2.66. The summed E-state index contributed by atoms with van der Waals surface area (Å²) in [4.78, 5) is 15.7. The van der Waals surface area contributed by atoms with Gasteiger partial charge in [0.1, 0.15) is 0 Å². The van der Waals surface area contributed by atoms with Gasteiger partial charge in [-0.25, -0.2) is 15.0 Å². The smallest absolute Gasteiger partial charge is 0.164 e. The van der Waals surface area contributed by atoms with E-state index >= 15 is 0 Å². The minimum atomic E-state index is -0.440. The van der Waals surface area contributed by atoms with Crippen LogP contribution in [0.4, 0.5) is 0 Å². The highest BCUT2D eigenvalue weighted by Gasteiger charge is 2.58. The van der Waals surface area contributed by atoms with Gasteiger partial charge in [0.25, 0.3) is 0 Å². The van der Waals surface area contributed by atoms with Crippen LogP contribution in [0.3, 0.4) is 0 Å². The number of fused-ring (bicyclic) bond motifs is 12. The zero-order chi connectivity index (χ0) is 39.3. The second kappa shape index (κ2) is 12.9. The molecule has 3 aliphatic carbocycles. The van der Waals surface area contributed by atoms with Crippen molar-refractivity contribution in [2.75, 3.05) is 0 Å². The maximum atomic E-state index is 5.33. The molecule has 2 heterocycles. The zero-order valence-corrected chi connectivity index (χ0v) is 33.6. The average Bonchev–Trinajstić information content (AvgIpc) is 3.82. The normalized spacial score (nSPS) is 18.0. The first-order valence-corrected chi connectivity index (χ1v) is 21.3. The molecule has 0 fully saturated rings. The van der Waals surface area contributed by atoms with E-state index in [2.05, 4.69) is 166 Å². The molecule has 2 unspecified atom stereocenters. The van der Waals surface area contributed by atoms with Crippen molar-refractivity contribution < 1.29 is 0 Å². The van der Waals surface area contributed by atoms with Crippen molar-refractivity contribution in [3.05, 3.63) is 227 Å². The predicted octanol–water partition coefficient (Wildman–Crippen LogP) is 13.6. The molecule has 0 radical (unpaired) electrons. The Morgan fingerprint density at radius 2 is 1.03 bits per heavy atom. The number of aromatic nitrogens is 3. The van der Waals surface area contributed by atoms with Gasteiger partial charge in [-0.2, -0.15) is 0 Å². The fraction of sp³-hybridized carbons (Fsp3) is 0.109. The summed E-state index contributed by atoms with van der Waals surface area (Å²) < 4.78 is 2.64. The number of rotatable bonds is 4. The van der Waals surface area contributed by atoms with E-state index in [0.29, 0.717) is 17.5 Å². The monoisotopic (exact) mass is 773 g/mol. The largest absolute Gasteiger partial charge is 0.208 e. The maximum Gasteiger partial charge on any atom is 0.164 e. The Labute approximate surface area is 348 Å². The van der Waals surface area contributed by atoms with Crippen molar-refractivity contribution in [2.45, 2.75) is 30.6 Å². The molecule has 0 amide bonds. The van der Waals surface area contributed by atoms with Gasteiger partial charge in [-0.3, -0.25) is 0 Å². The molecule has 3 aliphatic rings. The molecular weight excluding hydrogens is 735 g/mol. The van der Waals surface area contributed by atoms with Gasteiger partial charge in [0, 0.05) is 54.1 Å². The molecule has 3 nitrogen and oxygen atoms in total. The van der Waals surface area contributed by atoms with Crippen molar-refractivity contribution in [1.29, 1.82) is 0 Å². The van der Waals surface area contributed by atoms with E-state index < -0.39 is 5.41 Å². The van der Waals surface area contributed by atoms with E-state index in [1.54, 1.807) is 0 Å². The van der Waals surface area contributed by atoms with E-state index in [-0.39, 0.29) is 17.3 Å². The van der Waals surface area contributed by atoms with Crippen LogP contribution in [0.5, 0.6) is 0 Å². The van der Waals surface area contributed by atoms with Crippen LogP contribution in [0.25, 0.3) is 59.9 Å². The molecular formula is C55H39N3S. The molecule has 0 saturated carbocycles. The Hall–Kier alpha value is -6.75. The number of thiophene rings is 1. The lowest BCUT2D eigenvalue weighted by atomic mass is 9.53. The van der Waals surface area contributed by atoms with Gasteiger partial charge in [0.15, 0.2) is 17.5 Å². The van der Waals surface area contributed by atoms with Crippen LogP contribution in [0, 0.1) is 5.92 Å². The molecule has 7 aromatic carbocycles. The third-order valence-electron chi connectivity index (χ3n) is 13.3. The van der Waals surface area contributed by atoms with E-state index in [1.165, 1.54) is 64.7 Å². The minimum Gasteiger partial charge on any atom is -0.208 e. The van der Waals surface area contributed by atoms with E-state index in [1.807, 2.05) is 47.7 Å². The molecule has 9 aromatic rings. The third kappa shape index (κ3) is 4.96. The summed E-state index contributed by atoms with van der Waals surface area (Å²) in [6, 6.07) is 61.7. The molecule has 0 aliphatic heterocycles. The summed E-state index contributed by atoms with van der Waals surface area (Å²) in [6.07, 6.45) is 7.49. The van der Waals surface area contributed by atoms with Gasteiger partial charge >= 0.3 is 0 Å². The maximum absolute atomic E-state index is 5.33.